The van der Waals surface area contributed by atoms with Crippen molar-refractivity contribution in [3.05, 3.63) is 0 Å². The third-order valence-electron chi connectivity index (χ3n) is 1.28. The second-order valence-electron chi connectivity index (χ2n) is 2.25. The van der Waals surface area contributed by atoms with Crippen molar-refractivity contribution in [1.82, 2.24) is 0 Å². The van der Waals surface area contributed by atoms with Gasteiger partial charge in [-0.05, 0) is 5.92 Å². The molecule has 1 atom stereocenters. The monoisotopic (exact) mass is 117 g/mol. The number of nitrogens with two attached hydrogens (primary N) is 1. The van der Waals surface area contributed by atoms with Crippen LogP contribution < -0.4 is 5.73 Å². The average molecular weight is 117 g/mol. The zero-order valence-electron chi connectivity index (χ0n) is 5.85. The van der Waals surface area contributed by atoms with E-state index in [1.807, 2.05) is 0 Å². The van der Waals surface area contributed by atoms with Crippen LogP contribution in [0.15, 0.2) is 0 Å². The lowest BCUT2D eigenvalue weighted by molar-refractivity contribution is 0.0721. The Kier molecular flexibility index (Phi) is 3.83. The summed E-state index contributed by atoms with van der Waals surface area (Å²) in [7, 11) is 1.69. The second-order valence-corrected chi connectivity index (χ2v) is 2.25. The molecule has 0 heterocycles. The molecular weight excluding hydrogens is 102 g/mol. The number of ether oxygens (including phenoxy) is 1. The van der Waals surface area contributed by atoms with Crippen LogP contribution in [0.4, 0.5) is 0 Å². The summed E-state index contributed by atoms with van der Waals surface area (Å²) >= 11 is 0. The van der Waals surface area contributed by atoms with Crippen LogP contribution in [0.1, 0.15) is 13.8 Å². The van der Waals surface area contributed by atoms with Crippen LogP contribution in [-0.4, -0.2) is 19.8 Å². The van der Waals surface area contributed by atoms with E-state index in [1.165, 1.54) is 0 Å². The van der Waals surface area contributed by atoms with Crippen LogP contribution >= 0.6 is 0 Å². The largest absolute Gasteiger partial charge is 0.380 e. The zero-order valence-corrected chi connectivity index (χ0v) is 5.85. The van der Waals surface area contributed by atoms with Crippen LogP contribution in [0.3, 0.4) is 0 Å². The van der Waals surface area contributed by atoms with Gasteiger partial charge in [0.2, 0.25) is 0 Å². The fourth-order valence-electron chi connectivity index (χ4n) is 0.641. The van der Waals surface area contributed by atoms with Gasteiger partial charge < -0.3 is 10.5 Å². The third kappa shape index (κ3) is 2.28. The maximum absolute atomic E-state index is 5.36. The van der Waals surface area contributed by atoms with E-state index in [2.05, 4.69) is 13.8 Å². The van der Waals surface area contributed by atoms with Gasteiger partial charge in [0.1, 0.15) is 0 Å². The molecule has 0 aromatic rings. The number of hydrogen-bond acceptors (Lipinski definition) is 2. The first kappa shape index (κ1) is 7.92. The molecule has 0 rings (SSSR count). The average Bonchev–Trinajstić information content (AvgIpc) is 1.69. The van der Waals surface area contributed by atoms with E-state index in [-0.39, 0.29) is 6.10 Å². The van der Waals surface area contributed by atoms with E-state index >= 15 is 0 Å². The molecule has 0 radical (unpaired) electrons. The van der Waals surface area contributed by atoms with Gasteiger partial charge in [0.15, 0.2) is 0 Å². The Bertz CT molecular complexity index is 50.5. The Morgan fingerprint density at radius 2 is 2.00 bits per heavy atom. The van der Waals surface area contributed by atoms with E-state index in [0.29, 0.717) is 12.5 Å². The predicted octanol–water partition coefficient (Wildman–Crippen LogP) is 0.616. The summed E-state index contributed by atoms with van der Waals surface area (Å²) < 4.78 is 5.04. The van der Waals surface area contributed by atoms with Crippen molar-refractivity contribution >= 4 is 0 Å². The zero-order chi connectivity index (χ0) is 6.57. The summed E-state index contributed by atoms with van der Waals surface area (Å²) in [4.78, 5) is 0. The van der Waals surface area contributed by atoms with Gasteiger partial charge in [0, 0.05) is 13.7 Å². The van der Waals surface area contributed by atoms with E-state index in [4.69, 9.17) is 10.5 Å². The minimum absolute atomic E-state index is 0.231. The molecule has 0 unspecified atom stereocenters. The molecule has 0 aliphatic heterocycles. The van der Waals surface area contributed by atoms with Crippen molar-refractivity contribution in [2.45, 2.75) is 20.0 Å². The lowest BCUT2D eigenvalue weighted by atomic mass is 10.1. The van der Waals surface area contributed by atoms with Crippen molar-refractivity contribution in [3.8, 4) is 0 Å². The molecule has 2 heteroatoms. The first-order valence-corrected chi connectivity index (χ1v) is 2.95. The molecule has 0 spiro atoms. The Hall–Kier alpha value is -0.0800. The van der Waals surface area contributed by atoms with Gasteiger partial charge >= 0.3 is 0 Å². The summed E-state index contributed by atoms with van der Waals surface area (Å²) in [6.07, 6.45) is 0.231. The van der Waals surface area contributed by atoms with Gasteiger partial charge in [-0.15, -0.1) is 0 Å². The van der Waals surface area contributed by atoms with E-state index in [0.717, 1.165) is 0 Å². The van der Waals surface area contributed by atoms with Gasteiger partial charge in [-0.25, -0.2) is 0 Å². The quantitative estimate of drug-likeness (QED) is 0.588. The topological polar surface area (TPSA) is 35.2 Å². The lowest BCUT2D eigenvalue weighted by Crippen LogP contribution is -2.27. The normalized spacial score (nSPS) is 14.6. The molecule has 0 saturated heterocycles. The Morgan fingerprint density at radius 1 is 1.50 bits per heavy atom. The van der Waals surface area contributed by atoms with E-state index < -0.39 is 0 Å². The Balaban J connectivity index is 3.35. The summed E-state index contributed by atoms with van der Waals surface area (Å²) in [6, 6.07) is 0. The first-order chi connectivity index (χ1) is 3.72. The van der Waals surface area contributed by atoms with Gasteiger partial charge in [-0.3, -0.25) is 0 Å². The highest BCUT2D eigenvalue weighted by molar-refractivity contribution is 4.60. The Morgan fingerprint density at radius 3 is 2.00 bits per heavy atom. The standard InChI is InChI=1S/C6H15NO/c1-5(2)6(4-7)8-3/h5-6H,4,7H2,1-3H3/t6-/m0/s1. The Labute approximate surface area is 51.0 Å². The highest BCUT2D eigenvalue weighted by atomic mass is 16.5. The molecule has 0 aliphatic carbocycles. The smallest absolute Gasteiger partial charge is 0.0716 e. The van der Waals surface area contributed by atoms with Crippen LogP contribution in [0.5, 0.6) is 0 Å². The molecule has 0 fully saturated rings. The van der Waals surface area contributed by atoms with Crippen molar-refractivity contribution in [1.29, 1.82) is 0 Å². The highest BCUT2D eigenvalue weighted by Gasteiger charge is 2.07. The molecule has 2 N–H and O–H groups in total. The molecule has 50 valence electrons. The second kappa shape index (κ2) is 3.87. The van der Waals surface area contributed by atoms with Crippen LogP contribution in [0.25, 0.3) is 0 Å². The number of methoxy groups -OCH3 is 1. The van der Waals surface area contributed by atoms with Crippen LogP contribution in [-0.2, 0) is 4.74 Å². The summed E-state index contributed by atoms with van der Waals surface area (Å²) in [5.74, 6) is 0.532. The summed E-state index contributed by atoms with van der Waals surface area (Å²) in [5, 5.41) is 0. The SMILES string of the molecule is CO[C@@H](CN)C(C)C. The minimum Gasteiger partial charge on any atom is -0.380 e. The molecule has 2 nitrogen and oxygen atoms in total. The van der Waals surface area contributed by atoms with Gasteiger partial charge in [0.05, 0.1) is 6.10 Å². The van der Waals surface area contributed by atoms with Gasteiger partial charge in [0.25, 0.3) is 0 Å². The van der Waals surface area contributed by atoms with E-state index in [1.54, 1.807) is 7.11 Å². The number of rotatable bonds is 3. The van der Waals surface area contributed by atoms with E-state index in [9.17, 15) is 0 Å². The third-order valence-corrected chi connectivity index (χ3v) is 1.28. The number of hydrogen-bond donors (Lipinski definition) is 1. The molecule has 8 heavy (non-hydrogen) atoms. The summed E-state index contributed by atoms with van der Waals surface area (Å²) in [6.45, 7) is 4.82. The molecule has 0 bridgehead atoms. The molecule has 0 aromatic carbocycles. The van der Waals surface area contributed by atoms with Gasteiger partial charge in [-0.2, -0.15) is 0 Å². The van der Waals surface area contributed by atoms with Crippen LogP contribution in [0, 0.1) is 5.92 Å². The predicted molar refractivity (Wildman–Crippen MR) is 34.7 cm³/mol. The van der Waals surface area contributed by atoms with Crippen molar-refractivity contribution < 1.29 is 4.74 Å². The highest BCUT2D eigenvalue weighted by Crippen LogP contribution is 2.01. The summed E-state index contributed by atoms with van der Waals surface area (Å²) in [5.41, 5.74) is 5.36. The fraction of sp³-hybridized carbons (Fsp3) is 1.00. The van der Waals surface area contributed by atoms with Crippen molar-refractivity contribution in [3.63, 3.8) is 0 Å². The molecule has 0 saturated carbocycles. The lowest BCUT2D eigenvalue weighted by Gasteiger charge is -2.15. The molecular formula is C6H15NO. The maximum Gasteiger partial charge on any atom is 0.0716 e. The van der Waals surface area contributed by atoms with Crippen molar-refractivity contribution in [2.24, 2.45) is 11.7 Å². The molecule has 0 amide bonds. The van der Waals surface area contributed by atoms with Gasteiger partial charge in [-0.1, -0.05) is 13.8 Å². The first-order valence-electron chi connectivity index (χ1n) is 2.95. The fourth-order valence-corrected chi connectivity index (χ4v) is 0.641. The van der Waals surface area contributed by atoms with Crippen molar-refractivity contribution in [2.75, 3.05) is 13.7 Å². The molecule has 0 aromatic heterocycles. The minimum atomic E-state index is 0.231. The van der Waals surface area contributed by atoms with Crippen LogP contribution in [0.2, 0.25) is 0 Å². The molecule has 0 aliphatic rings. The maximum atomic E-state index is 5.36.